The lowest BCUT2D eigenvalue weighted by atomic mass is 9.76. The van der Waals surface area contributed by atoms with Crippen molar-refractivity contribution in [1.82, 2.24) is 25.3 Å². The van der Waals surface area contributed by atoms with Crippen molar-refractivity contribution in [3.05, 3.63) is 59.7 Å². The van der Waals surface area contributed by atoms with Crippen molar-refractivity contribution in [2.45, 2.75) is 163 Å². The van der Waals surface area contributed by atoms with Crippen molar-refractivity contribution in [2.75, 3.05) is 20.6 Å². The zero-order valence-electron chi connectivity index (χ0n) is 40.5. The lowest BCUT2D eigenvalue weighted by Gasteiger charge is -2.42. The number of ketones is 1. The van der Waals surface area contributed by atoms with E-state index < -0.39 is 87.8 Å². The van der Waals surface area contributed by atoms with Crippen LogP contribution in [0.3, 0.4) is 0 Å². The zero-order chi connectivity index (χ0) is 48.4. The largest absolute Gasteiger partial charge is 0.458 e. The summed E-state index contributed by atoms with van der Waals surface area (Å²) < 4.78 is 11.3. The minimum absolute atomic E-state index is 0.0555. The van der Waals surface area contributed by atoms with Crippen molar-refractivity contribution < 1.29 is 47.8 Å². The molecule has 1 aromatic rings. The second kappa shape index (κ2) is 21.8. The van der Waals surface area contributed by atoms with Crippen LogP contribution in [0.4, 0.5) is 4.79 Å². The summed E-state index contributed by atoms with van der Waals surface area (Å²) >= 11 is 0. The van der Waals surface area contributed by atoms with Gasteiger partial charge in [0.15, 0.2) is 0 Å². The minimum Gasteiger partial charge on any atom is -0.458 e. The van der Waals surface area contributed by atoms with Gasteiger partial charge in [0.25, 0.3) is 11.8 Å². The van der Waals surface area contributed by atoms with E-state index in [1.807, 2.05) is 78.8 Å². The average molecular weight is 880 g/mol. The molecular weight excluding hydrogens is 807 g/mol. The number of rotatable bonds is 19. The third-order valence-corrected chi connectivity index (χ3v) is 10.6. The Labute approximate surface area is 374 Å². The fourth-order valence-corrected chi connectivity index (χ4v) is 7.17. The molecule has 1 heterocycles. The molecule has 2 rings (SSSR count). The number of carbonyl (C=O) groups is 8. The van der Waals surface area contributed by atoms with Gasteiger partial charge < -0.3 is 25.0 Å². The Kier molecular flexibility index (Phi) is 18.6. The van der Waals surface area contributed by atoms with Gasteiger partial charge in [-0.2, -0.15) is 0 Å². The van der Waals surface area contributed by atoms with E-state index in [0.717, 1.165) is 10.5 Å². The van der Waals surface area contributed by atoms with Gasteiger partial charge in [0.2, 0.25) is 17.7 Å². The molecule has 0 unspecified atom stereocenters. The molecule has 15 heteroatoms. The van der Waals surface area contributed by atoms with Crippen molar-refractivity contribution >= 4 is 47.4 Å². The quantitative estimate of drug-likeness (QED) is 0.0942. The third kappa shape index (κ3) is 16.1. The van der Waals surface area contributed by atoms with Crippen LogP contribution < -0.4 is 10.6 Å². The minimum atomic E-state index is -1.18. The second-order valence-electron chi connectivity index (χ2n) is 20.3. The zero-order valence-corrected chi connectivity index (χ0v) is 40.5. The van der Waals surface area contributed by atoms with Gasteiger partial charge in [0.1, 0.15) is 35.1 Å². The number of imide groups is 1. The molecule has 4 atom stereocenters. The lowest BCUT2D eigenvalue weighted by Crippen LogP contribution is -2.63. The number of nitrogens with zero attached hydrogens (tertiary/aromatic N) is 3. The fraction of sp³-hybridized carbons (Fsp3) is 0.625. The summed E-state index contributed by atoms with van der Waals surface area (Å²) in [5.41, 5.74) is -2.49. The smallest absolute Gasteiger partial charge is 0.410 e. The van der Waals surface area contributed by atoms with Gasteiger partial charge in [-0.3, -0.25) is 38.6 Å². The molecule has 350 valence electrons. The van der Waals surface area contributed by atoms with Crippen LogP contribution in [0.2, 0.25) is 0 Å². The van der Waals surface area contributed by atoms with E-state index >= 15 is 0 Å². The van der Waals surface area contributed by atoms with Gasteiger partial charge in [0, 0.05) is 56.6 Å². The molecular formula is C48H73N5O10. The van der Waals surface area contributed by atoms with Gasteiger partial charge in [-0.15, -0.1) is 0 Å². The molecule has 0 saturated heterocycles. The number of carbonyl (C=O) groups excluding carboxylic acids is 8. The van der Waals surface area contributed by atoms with E-state index in [1.54, 1.807) is 61.6 Å². The summed E-state index contributed by atoms with van der Waals surface area (Å²) in [6.45, 7) is 24.9. The van der Waals surface area contributed by atoms with E-state index in [1.165, 1.54) is 29.0 Å². The number of hydrogen-bond donors (Lipinski definition) is 2. The summed E-state index contributed by atoms with van der Waals surface area (Å²) in [4.78, 5) is 110. The monoisotopic (exact) mass is 880 g/mol. The van der Waals surface area contributed by atoms with Crippen LogP contribution in [0.25, 0.3) is 0 Å². The molecule has 6 amide bonds. The average Bonchev–Trinajstić information content (AvgIpc) is 3.47. The number of benzene rings is 1. The van der Waals surface area contributed by atoms with Crippen LogP contribution in [-0.2, 0) is 48.5 Å². The Hall–Kier alpha value is -5.34. The number of esters is 1. The highest BCUT2D eigenvalue weighted by molar-refractivity contribution is 6.12. The molecule has 0 radical (unpaired) electrons. The summed E-state index contributed by atoms with van der Waals surface area (Å²) in [7, 11) is 3.10. The normalized spacial score (nSPS) is 15.6. The standard InChI is InChI=1S/C48H73N5O10/c1-30(2)35(29-31(3)40(57)49-34(43(60)62-46(7,8)9)25-24-33(54)23-20-28-53-36(55)26-27-37(53)56)51(15)42(59)38(45(4,5)6)50-41(58)39(52(16)44(61)63-47(10,11)12)48(13,14)32-21-18-17-19-22-32/h17-19,21-22,26-27,29-30,34-35,38-39H,20,23-25,28H2,1-16H3,(H,49,57)(H,50,58)/b31-29+/t34-,35+,38+,39+/m0/s1. The molecule has 0 aromatic heterocycles. The maximum atomic E-state index is 14.6. The molecule has 63 heavy (non-hydrogen) atoms. The molecule has 0 aliphatic carbocycles. The first-order chi connectivity index (χ1) is 28.8. The maximum absolute atomic E-state index is 14.6. The Morgan fingerprint density at radius 1 is 0.762 bits per heavy atom. The molecule has 1 aliphatic rings. The number of nitrogens with one attached hydrogen (secondary N) is 2. The van der Waals surface area contributed by atoms with E-state index in [4.69, 9.17) is 9.47 Å². The first kappa shape index (κ1) is 53.8. The predicted octanol–water partition coefficient (Wildman–Crippen LogP) is 6.04. The molecule has 0 spiro atoms. The fourth-order valence-electron chi connectivity index (χ4n) is 7.17. The molecule has 2 N–H and O–H groups in total. The Bertz CT molecular complexity index is 1880. The Balaban J connectivity index is 2.38. The summed E-state index contributed by atoms with van der Waals surface area (Å²) in [5.74, 6) is -3.64. The first-order valence-corrected chi connectivity index (χ1v) is 21.6. The van der Waals surface area contributed by atoms with Crippen LogP contribution >= 0.6 is 0 Å². The SMILES string of the molecule is C/C(=C\[C@H](C(C)C)N(C)C(=O)[C@@H](NC(=O)[C@@H](N(C)C(=O)OC(C)(C)C)C(C)(C)c1ccccc1)C(C)(C)C)C(=O)N[C@@H](CCC(=O)CCCN1C(=O)C=CC1=O)C(=O)OC(C)(C)C. The number of ether oxygens (including phenoxy) is 2. The van der Waals surface area contributed by atoms with Gasteiger partial charge in [-0.25, -0.2) is 9.59 Å². The van der Waals surface area contributed by atoms with Crippen molar-refractivity contribution in [3.63, 3.8) is 0 Å². The highest BCUT2D eigenvalue weighted by Crippen LogP contribution is 2.32. The van der Waals surface area contributed by atoms with Crippen molar-refractivity contribution in [2.24, 2.45) is 11.3 Å². The predicted molar refractivity (Wildman–Crippen MR) is 241 cm³/mol. The molecule has 1 aromatic carbocycles. The number of hydrogen-bond acceptors (Lipinski definition) is 10. The lowest BCUT2D eigenvalue weighted by molar-refractivity contribution is -0.158. The van der Waals surface area contributed by atoms with Crippen LogP contribution in [-0.4, -0.2) is 118 Å². The van der Waals surface area contributed by atoms with E-state index in [0.29, 0.717) is 0 Å². The molecule has 0 fully saturated rings. The number of likely N-dealkylation sites (N-methyl/N-ethyl adjacent to an activating group) is 2. The van der Waals surface area contributed by atoms with Gasteiger partial charge in [-0.1, -0.05) is 84.9 Å². The molecule has 0 saturated carbocycles. The summed E-state index contributed by atoms with van der Waals surface area (Å²) in [6.07, 6.45) is 3.46. The highest BCUT2D eigenvalue weighted by Gasteiger charge is 2.46. The topological polar surface area (TPSA) is 189 Å². The number of amides is 6. The summed E-state index contributed by atoms with van der Waals surface area (Å²) in [6, 6.07) is 5.29. The van der Waals surface area contributed by atoms with Gasteiger partial charge >= 0.3 is 12.1 Å². The van der Waals surface area contributed by atoms with Crippen LogP contribution in [0.15, 0.2) is 54.1 Å². The van der Waals surface area contributed by atoms with Crippen molar-refractivity contribution in [1.29, 1.82) is 0 Å². The molecule has 1 aliphatic heterocycles. The van der Waals surface area contributed by atoms with Crippen LogP contribution in [0, 0.1) is 11.3 Å². The van der Waals surface area contributed by atoms with Crippen molar-refractivity contribution in [3.8, 4) is 0 Å². The Morgan fingerprint density at radius 2 is 1.30 bits per heavy atom. The number of Topliss-reactive ketones (excluding diaryl/α,β-unsaturated/α-hetero) is 1. The third-order valence-electron chi connectivity index (χ3n) is 10.6. The van der Waals surface area contributed by atoms with Crippen LogP contribution in [0.5, 0.6) is 0 Å². The maximum Gasteiger partial charge on any atom is 0.410 e. The van der Waals surface area contributed by atoms with E-state index in [9.17, 15) is 38.4 Å². The van der Waals surface area contributed by atoms with Gasteiger partial charge in [-0.05, 0) is 78.2 Å². The second-order valence-corrected chi connectivity index (χ2v) is 20.3. The van der Waals surface area contributed by atoms with Crippen LogP contribution in [0.1, 0.15) is 128 Å². The van der Waals surface area contributed by atoms with E-state index in [2.05, 4.69) is 10.6 Å². The first-order valence-electron chi connectivity index (χ1n) is 21.6. The highest BCUT2D eigenvalue weighted by atomic mass is 16.6. The van der Waals surface area contributed by atoms with E-state index in [-0.39, 0.29) is 49.5 Å². The molecule has 0 bridgehead atoms. The molecule has 15 nitrogen and oxygen atoms in total. The van der Waals surface area contributed by atoms with Gasteiger partial charge in [0.05, 0.1) is 6.04 Å². The summed E-state index contributed by atoms with van der Waals surface area (Å²) in [5, 5.41) is 5.72. The Morgan fingerprint density at radius 3 is 1.79 bits per heavy atom.